The molecule has 0 radical (unpaired) electrons. The standard InChI is InChI=1S/C44H28N4S/c1-3-9-29(10-4-1)30-17-20-33(21-18-30)47(36-23-25-39-38-13-7-8-14-41(38)49-42(39)28-36)35-22-24-37-32(27-35)16-15-31-19-26-40-44(43(31)37)46-48(45-40)34-11-5-2-6-12-34/h1-28H. The van der Waals surface area contributed by atoms with Crippen molar-refractivity contribution in [1.29, 1.82) is 0 Å². The molecule has 0 aliphatic carbocycles. The molecule has 0 atom stereocenters. The summed E-state index contributed by atoms with van der Waals surface area (Å²) in [6.07, 6.45) is 0. The fourth-order valence-electron chi connectivity index (χ4n) is 7.06. The highest BCUT2D eigenvalue weighted by molar-refractivity contribution is 7.25. The Kier molecular flexibility index (Phi) is 6.32. The Balaban J connectivity index is 1.15. The quantitative estimate of drug-likeness (QED) is 0.175. The van der Waals surface area contributed by atoms with Gasteiger partial charge in [0.2, 0.25) is 0 Å². The Bertz CT molecular complexity index is 2820. The lowest BCUT2D eigenvalue weighted by atomic mass is 9.99. The van der Waals surface area contributed by atoms with Crippen molar-refractivity contribution in [3.63, 3.8) is 0 Å². The first-order chi connectivity index (χ1) is 24.3. The lowest BCUT2D eigenvalue weighted by Gasteiger charge is -2.26. The zero-order valence-corrected chi connectivity index (χ0v) is 27.2. The zero-order valence-electron chi connectivity index (χ0n) is 26.4. The van der Waals surface area contributed by atoms with Crippen LogP contribution >= 0.6 is 11.3 Å². The van der Waals surface area contributed by atoms with Gasteiger partial charge in [0.15, 0.2) is 0 Å². The molecule has 0 bridgehead atoms. The fourth-order valence-corrected chi connectivity index (χ4v) is 8.20. The third kappa shape index (κ3) is 4.66. The molecule has 0 fully saturated rings. The van der Waals surface area contributed by atoms with E-state index in [0.29, 0.717) is 0 Å². The molecule has 0 unspecified atom stereocenters. The largest absolute Gasteiger partial charge is 0.310 e. The van der Waals surface area contributed by atoms with Crippen molar-refractivity contribution < 1.29 is 0 Å². The van der Waals surface area contributed by atoms with Gasteiger partial charge in [-0.25, -0.2) is 0 Å². The molecule has 10 aromatic rings. The van der Waals surface area contributed by atoms with Crippen molar-refractivity contribution in [2.24, 2.45) is 0 Å². The number of aromatic nitrogens is 3. The molecular weight excluding hydrogens is 617 g/mol. The number of hydrogen-bond acceptors (Lipinski definition) is 4. The maximum atomic E-state index is 4.99. The topological polar surface area (TPSA) is 34.0 Å². The Morgan fingerprint density at radius 3 is 1.92 bits per heavy atom. The Morgan fingerprint density at radius 2 is 1.08 bits per heavy atom. The van der Waals surface area contributed by atoms with Gasteiger partial charge in [0, 0.05) is 42.6 Å². The molecule has 2 heterocycles. The van der Waals surface area contributed by atoms with Gasteiger partial charge in [-0.1, -0.05) is 109 Å². The van der Waals surface area contributed by atoms with E-state index in [2.05, 4.69) is 144 Å². The minimum atomic E-state index is 0.879. The second-order valence-corrected chi connectivity index (χ2v) is 13.4. The van der Waals surface area contributed by atoms with Crippen LogP contribution in [0.5, 0.6) is 0 Å². The third-order valence-corrected chi connectivity index (χ3v) is 10.6. The van der Waals surface area contributed by atoms with E-state index >= 15 is 0 Å². The lowest BCUT2D eigenvalue weighted by molar-refractivity contribution is 0.766. The van der Waals surface area contributed by atoms with Gasteiger partial charge >= 0.3 is 0 Å². The monoisotopic (exact) mass is 644 g/mol. The molecule has 5 heteroatoms. The van der Waals surface area contributed by atoms with Gasteiger partial charge in [0.25, 0.3) is 0 Å². The predicted molar refractivity (Wildman–Crippen MR) is 207 cm³/mol. The summed E-state index contributed by atoms with van der Waals surface area (Å²) >= 11 is 1.85. The van der Waals surface area contributed by atoms with E-state index < -0.39 is 0 Å². The molecule has 0 spiro atoms. The van der Waals surface area contributed by atoms with Crippen LogP contribution in [0, 0.1) is 0 Å². The van der Waals surface area contributed by atoms with Crippen LogP contribution < -0.4 is 4.90 Å². The van der Waals surface area contributed by atoms with Crippen LogP contribution in [0.4, 0.5) is 17.1 Å². The van der Waals surface area contributed by atoms with E-state index in [1.807, 2.05) is 41.7 Å². The van der Waals surface area contributed by atoms with Gasteiger partial charge in [0.1, 0.15) is 11.0 Å². The second kappa shape index (κ2) is 11.2. The summed E-state index contributed by atoms with van der Waals surface area (Å²) in [7, 11) is 0. The van der Waals surface area contributed by atoms with Crippen LogP contribution in [0.1, 0.15) is 0 Å². The number of hydrogen-bond donors (Lipinski definition) is 0. The number of thiophene rings is 1. The highest BCUT2D eigenvalue weighted by atomic mass is 32.1. The molecule has 0 amide bonds. The van der Waals surface area contributed by atoms with E-state index in [9.17, 15) is 0 Å². The Hall–Kier alpha value is -6.30. The first kappa shape index (κ1) is 27.8. The van der Waals surface area contributed by atoms with Gasteiger partial charge < -0.3 is 4.90 Å². The molecule has 230 valence electrons. The van der Waals surface area contributed by atoms with Crippen LogP contribution in [0.2, 0.25) is 0 Å². The molecule has 0 aliphatic heterocycles. The molecule has 49 heavy (non-hydrogen) atoms. The summed E-state index contributed by atoms with van der Waals surface area (Å²) in [5, 5.41) is 17.0. The van der Waals surface area contributed by atoms with E-state index in [0.717, 1.165) is 55.3 Å². The van der Waals surface area contributed by atoms with Crippen LogP contribution in [0.3, 0.4) is 0 Å². The molecule has 8 aromatic carbocycles. The lowest BCUT2D eigenvalue weighted by Crippen LogP contribution is -2.09. The van der Waals surface area contributed by atoms with Crippen molar-refractivity contribution in [2.75, 3.05) is 4.90 Å². The van der Waals surface area contributed by atoms with Gasteiger partial charge in [-0.15, -0.1) is 21.5 Å². The molecule has 0 saturated heterocycles. The summed E-state index contributed by atoms with van der Waals surface area (Å²) in [5.41, 5.74) is 8.46. The smallest absolute Gasteiger partial charge is 0.122 e. The summed E-state index contributed by atoms with van der Waals surface area (Å²) in [5.74, 6) is 0. The van der Waals surface area contributed by atoms with Crippen molar-refractivity contribution >= 4 is 81.1 Å². The van der Waals surface area contributed by atoms with Crippen LogP contribution in [0.15, 0.2) is 170 Å². The number of anilines is 3. The molecule has 10 rings (SSSR count). The maximum Gasteiger partial charge on any atom is 0.122 e. The zero-order chi connectivity index (χ0) is 32.3. The van der Waals surface area contributed by atoms with Gasteiger partial charge in [-0.05, 0) is 87.9 Å². The number of para-hydroxylation sites is 1. The first-order valence-corrected chi connectivity index (χ1v) is 17.2. The van der Waals surface area contributed by atoms with E-state index in [1.165, 1.54) is 31.3 Å². The summed E-state index contributed by atoms with van der Waals surface area (Å²) in [6.45, 7) is 0. The van der Waals surface area contributed by atoms with Gasteiger partial charge in [-0.3, -0.25) is 0 Å². The number of rotatable bonds is 5. The van der Waals surface area contributed by atoms with Crippen molar-refractivity contribution in [1.82, 2.24) is 15.0 Å². The van der Waals surface area contributed by atoms with Gasteiger partial charge in [0.05, 0.1) is 5.69 Å². The SMILES string of the molecule is c1ccc(-c2ccc(N(c3ccc4c(ccc5ccc6nn(-c7ccccc7)nc6c54)c3)c3ccc4c(c3)sc3ccccc34)cc2)cc1. The number of fused-ring (bicyclic) bond motifs is 8. The average Bonchev–Trinajstić information content (AvgIpc) is 3.77. The maximum absolute atomic E-state index is 4.99. The van der Waals surface area contributed by atoms with Crippen molar-refractivity contribution in [3.8, 4) is 16.8 Å². The van der Waals surface area contributed by atoms with Crippen LogP contribution in [-0.4, -0.2) is 15.0 Å². The summed E-state index contributed by atoms with van der Waals surface area (Å²) in [4.78, 5) is 4.11. The van der Waals surface area contributed by atoms with E-state index in [1.54, 1.807) is 4.80 Å². The van der Waals surface area contributed by atoms with Crippen molar-refractivity contribution in [2.45, 2.75) is 0 Å². The van der Waals surface area contributed by atoms with E-state index in [-0.39, 0.29) is 0 Å². The molecule has 0 saturated carbocycles. The Morgan fingerprint density at radius 1 is 0.449 bits per heavy atom. The van der Waals surface area contributed by atoms with Gasteiger partial charge in [-0.2, -0.15) is 4.80 Å². The van der Waals surface area contributed by atoms with E-state index in [4.69, 9.17) is 10.2 Å². The Labute approximate surface area is 286 Å². The highest BCUT2D eigenvalue weighted by Crippen LogP contribution is 2.42. The fraction of sp³-hybridized carbons (Fsp3) is 0. The predicted octanol–water partition coefficient (Wildman–Crippen LogP) is 12.2. The third-order valence-electron chi connectivity index (χ3n) is 9.43. The molecule has 0 aliphatic rings. The second-order valence-electron chi connectivity index (χ2n) is 12.4. The molecule has 2 aromatic heterocycles. The normalized spacial score (nSPS) is 11.7. The van der Waals surface area contributed by atoms with Crippen LogP contribution in [0.25, 0.3) is 69.6 Å². The highest BCUT2D eigenvalue weighted by Gasteiger charge is 2.17. The average molecular weight is 645 g/mol. The number of nitrogens with zero attached hydrogens (tertiary/aromatic N) is 4. The number of benzene rings is 8. The molecule has 4 nitrogen and oxygen atoms in total. The van der Waals surface area contributed by atoms with Crippen LogP contribution in [-0.2, 0) is 0 Å². The minimum absolute atomic E-state index is 0.879. The minimum Gasteiger partial charge on any atom is -0.310 e. The first-order valence-electron chi connectivity index (χ1n) is 16.4. The summed E-state index contributed by atoms with van der Waals surface area (Å²) in [6, 6.07) is 60.5. The summed E-state index contributed by atoms with van der Waals surface area (Å²) < 4.78 is 2.58. The van der Waals surface area contributed by atoms with Crippen molar-refractivity contribution in [3.05, 3.63) is 170 Å². The molecule has 0 N–H and O–H groups in total. The molecular formula is C44H28N4S.